The van der Waals surface area contributed by atoms with Gasteiger partial charge in [0.2, 0.25) is 0 Å². The number of nitrogens with one attached hydrogen (secondary N) is 1. The Morgan fingerprint density at radius 1 is 0.950 bits per heavy atom. The van der Waals surface area contributed by atoms with E-state index in [1.165, 1.54) is 26.0 Å². The van der Waals surface area contributed by atoms with Crippen LogP contribution in [-0.2, 0) is 0 Å². The lowest BCUT2D eigenvalue weighted by Crippen LogP contribution is -2.43. The van der Waals surface area contributed by atoms with Crippen LogP contribution in [0.2, 0.25) is 0 Å². The second-order valence-electron chi connectivity index (χ2n) is 10.2. The van der Waals surface area contributed by atoms with E-state index in [4.69, 9.17) is 20.4 Å². The number of hydrogen-bond donors (Lipinski definition) is 2. The molecule has 3 aromatic heterocycles. The van der Waals surface area contributed by atoms with Crippen LogP contribution in [0.5, 0.6) is 5.75 Å². The summed E-state index contributed by atoms with van der Waals surface area (Å²) in [6, 6.07) is 12.7. The van der Waals surface area contributed by atoms with E-state index in [1.807, 2.05) is 18.5 Å². The summed E-state index contributed by atoms with van der Waals surface area (Å²) in [5.74, 6) is 2.26. The van der Waals surface area contributed by atoms with E-state index in [2.05, 4.69) is 37.2 Å². The number of rotatable bonds is 7. The lowest BCUT2D eigenvalue weighted by molar-refractivity contribution is 0.413. The molecule has 0 unspecified atom stereocenters. The Bertz CT molecular complexity index is 1480. The molecule has 0 amide bonds. The summed E-state index contributed by atoms with van der Waals surface area (Å²) < 4.78 is 20.0. The van der Waals surface area contributed by atoms with Gasteiger partial charge in [0.05, 0.1) is 12.7 Å². The normalized spacial score (nSPS) is 17.2. The van der Waals surface area contributed by atoms with E-state index in [0.717, 1.165) is 61.7 Å². The first-order valence-corrected chi connectivity index (χ1v) is 13.7. The van der Waals surface area contributed by atoms with E-state index in [9.17, 15) is 4.39 Å². The third kappa shape index (κ3) is 5.40. The molecule has 4 aromatic rings. The Morgan fingerprint density at radius 2 is 1.80 bits per heavy atom. The van der Waals surface area contributed by atoms with Gasteiger partial charge in [-0.2, -0.15) is 0 Å². The van der Waals surface area contributed by atoms with Gasteiger partial charge in [0.25, 0.3) is 0 Å². The smallest absolute Gasteiger partial charge is 0.168 e. The fourth-order valence-corrected chi connectivity index (χ4v) is 5.48. The number of nitrogens with zero attached hydrogens (tertiary/aromatic N) is 6. The van der Waals surface area contributed by atoms with E-state index < -0.39 is 5.82 Å². The van der Waals surface area contributed by atoms with Gasteiger partial charge >= 0.3 is 0 Å². The number of methoxy groups -OCH3 is 1. The topological polar surface area (TPSA) is 105 Å². The predicted octanol–water partition coefficient (Wildman–Crippen LogP) is 5.02. The number of anilines is 4. The third-order valence-corrected chi connectivity index (χ3v) is 7.50. The van der Waals surface area contributed by atoms with Gasteiger partial charge < -0.3 is 25.6 Å². The first-order valence-electron chi connectivity index (χ1n) is 13.7. The van der Waals surface area contributed by atoms with Crippen molar-refractivity contribution < 1.29 is 9.13 Å². The molecule has 0 spiro atoms. The quantitative estimate of drug-likeness (QED) is 0.334. The minimum Gasteiger partial charge on any atom is -0.496 e. The van der Waals surface area contributed by atoms with Crippen molar-refractivity contribution in [2.75, 3.05) is 48.4 Å². The van der Waals surface area contributed by atoms with Gasteiger partial charge in [-0.3, -0.25) is 0 Å². The molecule has 3 N–H and O–H groups in total. The zero-order valence-corrected chi connectivity index (χ0v) is 22.6. The van der Waals surface area contributed by atoms with Crippen molar-refractivity contribution in [3.8, 4) is 28.3 Å². The van der Waals surface area contributed by atoms with Gasteiger partial charge in [0.1, 0.15) is 29.0 Å². The molecule has 6 rings (SSSR count). The van der Waals surface area contributed by atoms with Crippen LogP contribution >= 0.6 is 0 Å². The van der Waals surface area contributed by atoms with Gasteiger partial charge in [0, 0.05) is 73.7 Å². The molecule has 1 aromatic carbocycles. The number of halogens is 1. The van der Waals surface area contributed by atoms with Crippen LogP contribution in [0.25, 0.3) is 22.5 Å². The van der Waals surface area contributed by atoms with E-state index >= 15 is 0 Å². The molecule has 5 heterocycles. The van der Waals surface area contributed by atoms with E-state index in [1.54, 1.807) is 24.4 Å². The third-order valence-electron chi connectivity index (χ3n) is 7.50. The Morgan fingerprint density at radius 3 is 2.58 bits per heavy atom. The number of pyridine rings is 2. The minimum absolute atomic E-state index is 0.113. The highest BCUT2D eigenvalue weighted by Gasteiger charge is 2.22. The summed E-state index contributed by atoms with van der Waals surface area (Å²) in [6.07, 6.45) is 9.85. The number of aromatic nitrogens is 4. The molecule has 2 aliphatic rings. The second kappa shape index (κ2) is 11.4. The lowest BCUT2D eigenvalue weighted by atomic mass is 10.0. The number of piperidine rings is 1. The Labute approximate surface area is 233 Å². The SMILES string of the molecule is COc1cccc(F)c1-c1nccc(Nc2cc(N3CCC[C@H](N)C3)c(-c3ccc(N4CCCC4)nc3)cn2)n1. The minimum atomic E-state index is -0.452. The van der Waals surface area contributed by atoms with Crippen molar-refractivity contribution in [1.29, 1.82) is 0 Å². The molecule has 10 heteroatoms. The summed E-state index contributed by atoms with van der Waals surface area (Å²) in [7, 11) is 1.50. The molecular formula is C30H33FN8O. The number of ether oxygens (including phenoxy) is 1. The number of benzene rings is 1. The highest BCUT2D eigenvalue weighted by molar-refractivity contribution is 5.81. The maximum Gasteiger partial charge on any atom is 0.168 e. The zero-order valence-electron chi connectivity index (χ0n) is 22.6. The zero-order chi connectivity index (χ0) is 27.5. The summed E-state index contributed by atoms with van der Waals surface area (Å²) in [5.41, 5.74) is 9.62. The molecule has 40 heavy (non-hydrogen) atoms. The van der Waals surface area contributed by atoms with E-state index in [0.29, 0.717) is 17.4 Å². The van der Waals surface area contributed by atoms with Crippen LogP contribution in [0.15, 0.2) is 61.1 Å². The fourth-order valence-electron chi connectivity index (χ4n) is 5.48. The van der Waals surface area contributed by atoms with Crippen LogP contribution < -0.4 is 25.6 Å². The molecule has 206 valence electrons. The standard InChI is InChI=1S/C30H33FN8O/c1-40-25-8-4-7-23(31)29(25)30-33-12-11-26(37-30)36-27-16-24(39-15-5-6-21(32)19-39)22(18-34-27)20-9-10-28(35-17-20)38-13-2-3-14-38/h4,7-12,16-18,21H,2-3,5-6,13-15,19,32H2,1H3,(H,33,34,36,37)/t21-/m0/s1. The summed E-state index contributed by atoms with van der Waals surface area (Å²) in [5, 5.41) is 3.28. The van der Waals surface area contributed by atoms with Crippen LogP contribution in [0, 0.1) is 5.82 Å². The van der Waals surface area contributed by atoms with Gasteiger partial charge in [-0.05, 0) is 56.0 Å². The first kappa shape index (κ1) is 25.9. The van der Waals surface area contributed by atoms with Crippen molar-refractivity contribution in [3.63, 3.8) is 0 Å². The average Bonchev–Trinajstić information content (AvgIpc) is 3.52. The molecular weight excluding hydrogens is 507 g/mol. The maximum absolute atomic E-state index is 14.7. The second-order valence-corrected chi connectivity index (χ2v) is 10.2. The molecule has 0 aliphatic carbocycles. The Hall–Kier alpha value is -4.31. The van der Waals surface area contributed by atoms with Crippen LogP contribution in [0.1, 0.15) is 25.7 Å². The first-order chi connectivity index (χ1) is 19.6. The molecule has 2 aliphatic heterocycles. The molecule has 0 bridgehead atoms. The van der Waals surface area contributed by atoms with Crippen molar-refractivity contribution in [1.82, 2.24) is 19.9 Å². The molecule has 2 saturated heterocycles. The van der Waals surface area contributed by atoms with Gasteiger partial charge in [-0.15, -0.1) is 0 Å². The highest BCUT2D eigenvalue weighted by Crippen LogP contribution is 2.35. The summed E-state index contributed by atoms with van der Waals surface area (Å²) in [6.45, 7) is 3.79. The monoisotopic (exact) mass is 540 g/mol. The van der Waals surface area contributed by atoms with Crippen LogP contribution in [-0.4, -0.2) is 59.3 Å². The van der Waals surface area contributed by atoms with Gasteiger partial charge in [-0.25, -0.2) is 24.3 Å². The Kier molecular flexibility index (Phi) is 7.41. The Balaban J connectivity index is 1.32. The van der Waals surface area contributed by atoms with Crippen molar-refractivity contribution in [3.05, 3.63) is 66.9 Å². The maximum atomic E-state index is 14.7. The van der Waals surface area contributed by atoms with Crippen molar-refractivity contribution in [2.24, 2.45) is 5.73 Å². The average molecular weight is 541 g/mol. The molecule has 0 saturated carbocycles. The van der Waals surface area contributed by atoms with Gasteiger partial charge in [-0.1, -0.05) is 6.07 Å². The van der Waals surface area contributed by atoms with Crippen molar-refractivity contribution >= 4 is 23.1 Å². The molecule has 9 nitrogen and oxygen atoms in total. The summed E-state index contributed by atoms with van der Waals surface area (Å²) in [4.78, 5) is 23.0. The van der Waals surface area contributed by atoms with Gasteiger partial charge in [0.15, 0.2) is 5.82 Å². The highest BCUT2D eigenvalue weighted by atomic mass is 19.1. The van der Waals surface area contributed by atoms with E-state index in [-0.39, 0.29) is 17.4 Å². The van der Waals surface area contributed by atoms with Crippen LogP contribution in [0.4, 0.5) is 27.5 Å². The predicted molar refractivity (Wildman–Crippen MR) is 156 cm³/mol. The fraction of sp³-hybridized carbons (Fsp3) is 0.333. The number of hydrogen-bond acceptors (Lipinski definition) is 9. The summed E-state index contributed by atoms with van der Waals surface area (Å²) >= 11 is 0. The van der Waals surface area contributed by atoms with Crippen molar-refractivity contribution in [2.45, 2.75) is 31.7 Å². The van der Waals surface area contributed by atoms with Crippen LogP contribution in [0.3, 0.4) is 0 Å². The number of nitrogens with two attached hydrogens (primary N) is 1. The lowest BCUT2D eigenvalue weighted by Gasteiger charge is -2.34. The molecule has 0 radical (unpaired) electrons. The largest absolute Gasteiger partial charge is 0.496 e. The molecule has 1 atom stereocenters. The molecule has 2 fully saturated rings.